The zero-order valence-corrected chi connectivity index (χ0v) is 18.4. The molecule has 0 spiro atoms. The van der Waals surface area contributed by atoms with E-state index in [9.17, 15) is 9.18 Å². The van der Waals surface area contributed by atoms with E-state index in [1.165, 1.54) is 29.2 Å². The van der Waals surface area contributed by atoms with Crippen LogP contribution in [0.4, 0.5) is 26.6 Å². The second-order valence-corrected chi connectivity index (χ2v) is 9.82. The van der Waals surface area contributed by atoms with Gasteiger partial charge in [0, 0.05) is 9.79 Å². The standard InChI is InChI=1S/C22H15FN4OS3/c23-14-7-1-2-8-15(14)24-21-25-26-22(31-21)29-13-20(28)27-16-9-3-5-11-18(16)30-19-12-6-4-10-17(19)27/h1-12H,13H2,(H,24,25). The van der Waals surface area contributed by atoms with Crippen LogP contribution in [-0.2, 0) is 4.79 Å². The van der Waals surface area contributed by atoms with Crippen LogP contribution < -0.4 is 10.2 Å². The summed E-state index contributed by atoms with van der Waals surface area (Å²) in [5, 5.41) is 11.6. The van der Waals surface area contributed by atoms with Gasteiger partial charge in [-0.2, -0.15) is 0 Å². The highest BCUT2D eigenvalue weighted by atomic mass is 32.2. The van der Waals surface area contributed by atoms with Gasteiger partial charge >= 0.3 is 0 Å². The third-order valence-corrected chi connectivity index (χ3v) is 7.61. The van der Waals surface area contributed by atoms with E-state index in [1.807, 2.05) is 48.5 Å². The number of carbonyl (C=O) groups is 1. The van der Waals surface area contributed by atoms with Crippen molar-refractivity contribution >= 4 is 63.0 Å². The van der Waals surface area contributed by atoms with Gasteiger partial charge in [-0.05, 0) is 36.4 Å². The molecular formula is C22H15FN4OS3. The van der Waals surface area contributed by atoms with Crippen molar-refractivity contribution in [2.24, 2.45) is 0 Å². The Morgan fingerprint density at radius 3 is 2.29 bits per heavy atom. The Morgan fingerprint density at radius 1 is 0.935 bits per heavy atom. The number of nitrogens with one attached hydrogen (secondary N) is 1. The maximum atomic E-state index is 13.8. The van der Waals surface area contributed by atoms with Gasteiger partial charge in [-0.3, -0.25) is 9.69 Å². The summed E-state index contributed by atoms with van der Waals surface area (Å²) in [6.45, 7) is 0. The first kappa shape index (κ1) is 20.0. The molecule has 0 radical (unpaired) electrons. The fraction of sp³-hybridized carbons (Fsp3) is 0.0455. The molecule has 0 unspecified atom stereocenters. The van der Waals surface area contributed by atoms with Crippen LogP contribution in [0.1, 0.15) is 0 Å². The third-order valence-electron chi connectivity index (χ3n) is 4.52. The van der Waals surface area contributed by atoms with Crippen molar-refractivity contribution in [3.63, 3.8) is 0 Å². The van der Waals surface area contributed by atoms with Crippen LogP contribution in [0.3, 0.4) is 0 Å². The lowest BCUT2D eigenvalue weighted by molar-refractivity contribution is -0.115. The Labute approximate surface area is 190 Å². The minimum absolute atomic E-state index is 0.0380. The first-order valence-electron chi connectivity index (χ1n) is 9.36. The number of amides is 1. The largest absolute Gasteiger partial charge is 0.328 e. The summed E-state index contributed by atoms with van der Waals surface area (Å²) in [7, 11) is 0. The number of aromatic nitrogens is 2. The zero-order valence-electron chi connectivity index (χ0n) is 16.0. The van der Waals surface area contributed by atoms with Crippen molar-refractivity contribution in [3.8, 4) is 0 Å². The normalized spacial score (nSPS) is 12.2. The number of hydrogen-bond donors (Lipinski definition) is 1. The number of fused-ring (bicyclic) bond motifs is 2. The Kier molecular flexibility index (Phi) is 5.63. The van der Waals surface area contributed by atoms with Gasteiger partial charge in [0.15, 0.2) is 4.34 Å². The second kappa shape index (κ2) is 8.70. The fourth-order valence-corrected chi connectivity index (χ4v) is 5.83. The van der Waals surface area contributed by atoms with Gasteiger partial charge in [-0.15, -0.1) is 10.2 Å². The molecule has 0 aliphatic carbocycles. The molecule has 5 rings (SSSR count). The van der Waals surface area contributed by atoms with Crippen molar-refractivity contribution in [1.82, 2.24) is 10.2 Å². The van der Waals surface area contributed by atoms with Gasteiger partial charge in [0.05, 0.1) is 22.8 Å². The Morgan fingerprint density at radius 2 is 1.58 bits per heavy atom. The molecule has 0 saturated carbocycles. The molecule has 1 aromatic heterocycles. The summed E-state index contributed by atoms with van der Waals surface area (Å²) in [6, 6.07) is 22.2. The van der Waals surface area contributed by atoms with Gasteiger partial charge in [-0.1, -0.05) is 71.3 Å². The molecule has 0 bridgehead atoms. The van der Waals surface area contributed by atoms with Crippen LogP contribution in [0.5, 0.6) is 0 Å². The molecule has 31 heavy (non-hydrogen) atoms. The topological polar surface area (TPSA) is 58.1 Å². The van der Waals surface area contributed by atoms with Crippen molar-refractivity contribution < 1.29 is 9.18 Å². The SMILES string of the molecule is O=C(CSc1nnc(Nc2ccccc2F)s1)N1c2ccccc2Sc2ccccc21. The average Bonchev–Trinajstić information content (AvgIpc) is 3.24. The summed E-state index contributed by atoms with van der Waals surface area (Å²) in [6.07, 6.45) is 0. The highest BCUT2D eigenvalue weighted by Crippen LogP contribution is 2.48. The van der Waals surface area contributed by atoms with E-state index in [0.29, 0.717) is 15.2 Å². The molecule has 5 nitrogen and oxygen atoms in total. The quantitative estimate of drug-likeness (QED) is 0.346. The van der Waals surface area contributed by atoms with E-state index in [4.69, 9.17) is 0 Å². The molecule has 4 aromatic rings. The number of halogens is 1. The monoisotopic (exact) mass is 466 g/mol. The third kappa shape index (κ3) is 4.16. The lowest BCUT2D eigenvalue weighted by atomic mass is 10.2. The van der Waals surface area contributed by atoms with Crippen LogP contribution in [0.2, 0.25) is 0 Å². The molecule has 154 valence electrons. The van der Waals surface area contributed by atoms with Crippen LogP contribution >= 0.6 is 34.9 Å². The number of rotatable bonds is 5. The summed E-state index contributed by atoms with van der Waals surface area (Å²) in [4.78, 5) is 17.1. The molecule has 2 heterocycles. The maximum Gasteiger partial charge on any atom is 0.242 e. The van der Waals surface area contributed by atoms with E-state index in [0.717, 1.165) is 21.2 Å². The van der Waals surface area contributed by atoms with Crippen LogP contribution in [0, 0.1) is 5.82 Å². The van der Waals surface area contributed by atoms with Crippen LogP contribution in [-0.4, -0.2) is 21.9 Å². The molecule has 1 aliphatic heterocycles. The molecule has 1 N–H and O–H groups in total. The maximum absolute atomic E-state index is 13.8. The number of hydrogen-bond acceptors (Lipinski definition) is 7. The van der Waals surface area contributed by atoms with Gasteiger partial charge in [0.2, 0.25) is 11.0 Å². The molecule has 0 atom stereocenters. The van der Waals surface area contributed by atoms with Crippen LogP contribution in [0.15, 0.2) is 86.9 Å². The number of para-hydroxylation sites is 3. The Bertz CT molecular complexity index is 1220. The van der Waals surface area contributed by atoms with Crippen molar-refractivity contribution in [1.29, 1.82) is 0 Å². The summed E-state index contributed by atoms with van der Waals surface area (Å²) in [5.74, 6) is -0.187. The molecule has 0 fully saturated rings. The minimum atomic E-state index is -0.359. The van der Waals surface area contributed by atoms with Crippen molar-refractivity contribution in [2.75, 3.05) is 16.0 Å². The summed E-state index contributed by atoms with van der Waals surface area (Å²) in [5.41, 5.74) is 2.11. The number of anilines is 4. The Hall–Kier alpha value is -2.88. The highest BCUT2D eigenvalue weighted by Gasteiger charge is 2.28. The molecule has 0 saturated heterocycles. The number of nitrogens with zero attached hydrogens (tertiary/aromatic N) is 3. The van der Waals surface area contributed by atoms with Crippen LogP contribution in [0.25, 0.3) is 0 Å². The number of carbonyl (C=O) groups excluding carboxylic acids is 1. The second-order valence-electron chi connectivity index (χ2n) is 6.53. The molecule has 1 aliphatic rings. The van der Waals surface area contributed by atoms with E-state index in [-0.39, 0.29) is 17.5 Å². The first-order chi connectivity index (χ1) is 15.2. The summed E-state index contributed by atoms with van der Waals surface area (Å²) < 4.78 is 14.5. The lowest BCUT2D eigenvalue weighted by Gasteiger charge is -2.30. The van der Waals surface area contributed by atoms with E-state index in [2.05, 4.69) is 15.5 Å². The molecule has 3 aromatic carbocycles. The van der Waals surface area contributed by atoms with Crippen molar-refractivity contribution in [3.05, 3.63) is 78.6 Å². The Balaban J connectivity index is 1.32. The van der Waals surface area contributed by atoms with E-state index >= 15 is 0 Å². The van der Waals surface area contributed by atoms with Crippen molar-refractivity contribution in [2.45, 2.75) is 14.1 Å². The predicted octanol–water partition coefficient (Wildman–Crippen LogP) is 6.34. The summed E-state index contributed by atoms with van der Waals surface area (Å²) >= 11 is 4.27. The van der Waals surface area contributed by atoms with Gasteiger partial charge in [0.25, 0.3) is 0 Å². The van der Waals surface area contributed by atoms with E-state index < -0.39 is 0 Å². The lowest BCUT2D eigenvalue weighted by Crippen LogP contribution is -2.29. The highest BCUT2D eigenvalue weighted by molar-refractivity contribution is 8.01. The first-order valence-corrected chi connectivity index (χ1v) is 12.0. The zero-order chi connectivity index (χ0) is 21.2. The van der Waals surface area contributed by atoms with Gasteiger partial charge in [-0.25, -0.2) is 4.39 Å². The smallest absolute Gasteiger partial charge is 0.242 e. The number of thioether (sulfide) groups is 1. The molecular weight excluding hydrogens is 451 g/mol. The van der Waals surface area contributed by atoms with Gasteiger partial charge < -0.3 is 5.32 Å². The molecule has 1 amide bonds. The predicted molar refractivity (Wildman–Crippen MR) is 124 cm³/mol. The minimum Gasteiger partial charge on any atom is -0.328 e. The molecule has 9 heteroatoms. The number of benzene rings is 3. The average molecular weight is 467 g/mol. The fourth-order valence-electron chi connectivity index (χ4n) is 3.16. The van der Waals surface area contributed by atoms with E-state index in [1.54, 1.807) is 34.9 Å². The van der Waals surface area contributed by atoms with Gasteiger partial charge in [0.1, 0.15) is 5.82 Å².